The number of rotatable bonds is 5. The van der Waals surface area contributed by atoms with E-state index in [1.54, 1.807) is 6.07 Å². The predicted molar refractivity (Wildman–Crippen MR) is 59.1 cm³/mol. The summed E-state index contributed by atoms with van der Waals surface area (Å²) in [6.07, 6.45) is 3.67. The summed E-state index contributed by atoms with van der Waals surface area (Å²) in [4.78, 5) is 7.93. The maximum Gasteiger partial charge on any atom is 0.319 e. The van der Waals surface area contributed by atoms with Crippen LogP contribution in [-0.4, -0.2) is 16.6 Å². The van der Waals surface area contributed by atoms with E-state index in [-0.39, 0.29) is 0 Å². The van der Waals surface area contributed by atoms with E-state index in [1.165, 1.54) is 0 Å². The van der Waals surface area contributed by atoms with Gasteiger partial charge < -0.3 is 10.5 Å². The highest BCUT2D eigenvalue weighted by molar-refractivity contribution is 9.10. The van der Waals surface area contributed by atoms with Gasteiger partial charge in [-0.15, -0.1) is 6.58 Å². The molecule has 0 saturated heterocycles. The number of aromatic nitrogens is 2. The molecule has 0 radical (unpaired) electrons. The number of unbranched alkanes of at least 4 members (excludes halogenated alkanes) is 1. The first-order valence-electron chi connectivity index (χ1n) is 4.26. The van der Waals surface area contributed by atoms with Crippen LogP contribution in [-0.2, 0) is 0 Å². The zero-order valence-electron chi connectivity index (χ0n) is 7.74. The van der Waals surface area contributed by atoms with Crippen molar-refractivity contribution in [1.82, 2.24) is 9.97 Å². The molecule has 1 aromatic rings. The summed E-state index contributed by atoms with van der Waals surface area (Å²) in [5, 5.41) is 0. The third kappa shape index (κ3) is 3.74. The van der Waals surface area contributed by atoms with Crippen LogP contribution in [0.2, 0.25) is 0 Å². The van der Waals surface area contributed by atoms with Crippen molar-refractivity contribution in [1.29, 1.82) is 0 Å². The van der Waals surface area contributed by atoms with Gasteiger partial charge in [0.25, 0.3) is 0 Å². The summed E-state index contributed by atoms with van der Waals surface area (Å²) in [5.41, 5.74) is 5.51. The molecule has 0 saturated carbocycles. The highest BCUT2D eigenvalue weighted by atomic mass is 79.9. The molecule has 76 valence electrons. The zero-order chi connectivity index (χ0) is 10.4. The molecule has 1 aromatic heterocycles. The molecule has 0 aliphatic rings. The molecule has 5 heteroatoms. The molecule has 4 nitrogen and oxygen atoms in total. The summed E-state index contributed by atoms with van der Waals surface area (Å²) in [5.74, 6) is 0.394. The lowest BCUT2D eigenvalue weighted by atomic mass is 10.3. The number of halogens is 1. The minimum atomic E-state index is 0.306. The van der Waals surface area contributed by atoms with Gasteiger partial charge in [-0.25, -0.2) is 0 Å². The molecule has 0 amide bonds. The van der Waals surface area contributed by atoms with Gasteiger partial charge in [0.2, 0.25) is 0 Å². The van der Waals surface area contributed by atoms with Crippen LogP contribution >= 0.6 is 15.9 Å². The van der Waals surface area contributed by atoms with Crippen LogP contribution in [0.5, 0.6) is 6.01 Å². The van der Waals surface area contributed by atoms with Crippen LogP contribution in [0.15, 0.2) is 23.3 Å². The second-order valence-corrected chi connectivity index (χ2v) is 3.49. The van der Waals surface area contributed by atoms with Crippen molar-refractivity contribution in [3.63, 3.8) is 0 Å². The number of nitrogen functional groups attached to an aromatic ring is 1. The van der Waals surface area contributed by atoms with E-state index < -0.39 is 0 Å². The SMILES string of the molecule is C=CCCCOc1nc(N)cc(Br)n1. The van der Waals surface area contributed by atoms with Crippen molar-refractivity contribution in [2.75, 3.05) is 12.3 Å². The van der Waals surface area contributed by atoms with Crippen molar-refractivity contribution in [2.24, 2.45) is 0 Å². The molecule has 1 heterocycles. The fourth-order valence-corrected chi connectivity index (χ4v) is 1.26. The number of anilines is 1. The largest absolute Gasteiger partial charge is 0.463 e. The van der Waals surface area contributed by atoms with E-state index >= 15 is 0 Å². The molecule has 0 unspecified atom stereocenters. The van der Waals surface area contributed by atoms with Crippen LogP contribution in [0.1, 0.15) is 12.8 Å². The van der Waals surface area contributed by atoms with Gasteiger partial charge in [-0.1, -0.05) is 6.08 Å². The van der Waals surface area contributed by atoms with Gasteiger partial charge in [0, 0.05) is 6.07 Å². The van der Waals surface area contributed by atoms with E-state index in [4.69, 9.17) is 10.5 Å². The van der Waals surface area contributed by atoms with Crippen molar-refractivity contribution in [2.45, 2.75) is 12.8 Å². The van der Waals surface area contributed by atoms with Crippen LogP contribution in [0.25, 0.3) is 0 Å². The van der Waals surface area contributed by atoms with Crippen molar-refractivity contribution in [3.05, 3.63) is 23.3 Å². The average molecular weight is 258 g/mol. The second kappa shape index (κ2) is 5.59. The monoisotopic (exact) mass is 257 g/mol. The third-order valence-electron chi connectivity index (χ3n) is 1.48. The molecule has 0 spiro atoms. The summed E-state index contributed by atoms with van der Waals surface area (Å²) in [6, 6.07) is 1.93. The van der Waals surface area contributed by atoms with Crippen LogP contribution in [0, 0.1) is 0 Å². The lowest BCUT2D eigenvalue weighted by Crippen LogP contribution is -2.02. The fourth-order valence-electron chi connectivity index (χ4n) is 0.869. The smallest absolute Gasteiger partial charge is 0.319 e. The van der Waals surface area contributed by atoms with Gasteiger partial charge in [-0.2, -0.15) is 9.97 Å². The summed E-state index contributed by atoms with van der Waals surface area (Å²) in [7, 11) is 0. The molecule has 14 heavy (non-hydrogen) atoms. The molecular weight excluding hydrogens is 246 g/mol. The Morgan fingerprint density at radius 1 is 1.57 bits per heavy atom. The second-order valence-electron chi connectivity index (χ2n) is 2.68. The maximum atomic E-state index is 5.51. The summed E-state index contributed by atoms with van der Waals surface area (Å²) >= 11 is 3.21. The standard InChI is InChI=1S/C9H12BrN3O/c1-2-3-4-5-14-9-12-7(10)6-8(11)13-9/h2,6H,1,3-5H2,(H2,11,12,13). The molecule has 1 rings (SSSR count). The minimum Gasteiger partial charge on any atom is -0.463 e. The number of nitrogens with zero attached hydrogens (tertiary/aromatic N) is 2. The predicted octanol–water partition coefficient (Wildman–Crippen LogP) is 2.17. The van der Waals surface area contributed by atoms with Gasteiger partial charge in [0.1, 0.15) is 10.4 Å². The first kappa shape index (κ1) is 11.0. The number of ether oxygens (including phenoxy) is 1. The van der Waals surface area contributed by atoms with E-state index in [2.05, 4.69) is 32.5 Å². The van der Waals surface area contributed by atoms with Gasteiger partial charge in [-0.05, 0) is 28.8 Å². The van der Waals surface area contributed by atoms with Gasteiger partial charge in [0.05, 0.1) is 6.61 Å². The Morgan fingerprint density at radius 2 is 2.36 bits per heavy atom. The van der Waals surface area contributed by atoms with Gasteiger partial charge in [0.15, 0.2) is 0 Å². The fraction of sp³-hybridized carbons (Fsp3) is 0.333. The van der Waals surface area contributed by atoms with Crippen molar-refractivity contribution in [3.8, 4) is 6.01 Å². The molecule has 0 bridgehead atoms. The topological polar surface area (TPSA) is 61.0 Å². The van der Waals surface area contributed by atoms with Crippen molar-refractivity contribution < 1.29 is 4.74 Å². The first-order valence-corrected chi connectivity index (χ1v) is 5.05. The Hall–Kier alpha value is -1.10. The van der Waals surface area contributed by atoms with E-state index in [0.717, 1.165) is 12.8 Å². The van der Waals surface area contributed by atoms with Crippen LogP contribution in [0.4, 0.5) is 5.82 Å². The number of allylic oxidation sites excluding steroid dienone is 1. The first-order chi connectivity index (χ1) is 6.72. The molecule has 2 N–H and O–H groups in total. The summed E-state index contributed by atoms with van der Waals surface area (Å²) in [6.45, 7) is 4.19. The van der Waals surface area contributed by atoms with Gasteiger partial charge >= 0.3 is 6.01 Å². The maximum absolute atomic E-state index is 5.51. The number of nitrogens with two attached hydrogens (primary N) is 1. The molecule has 0 aliphatic heterocycles. The van der Waals surface area contributed by atoms with Crippen molar-refractivity contribution >= 4 is 21.7 Å². The Balaban J connectivity index is 2.46. The average Bonchev–Trinajstić information content (AvgIpc) is 2.11. The number of hydrogen-bond donors (Lipinski definition) is 1. The minimum absolute atomic E-state index is 0.306. The zero-order valence-corrected chi connectivity index (χ0v) is 9.33. The Bertz CT molecular complexity index is 297. The molecule has 0 aromatic carbocycles. The lowest BCUT2D eigenvalue weighted by Gasteiger charge is -2.03. The number of hydrogen-bond acceptors (Lipinski definition) is 4. The Kier molecular flexibility index (Phi) is 4.39. The van der Waals surface area contributed by atoms with E-state index in [0.29, 0.717) is 23.0 Å². The highest BCUT2D eigenvalue weighted by Crippen LogP contribution is 2.13. The van der Waals surface area contributed by atoms with E-state index in [9.17, 15) is 0 Å². The highest BCUT2D eigenvalue weighted by Gasteiger charge is 2.00. The molecular formula is C9H12BrN3O. The van der Waals surface area contributed by atoms with Crippen LogP contribution in [0.3, 0.4) is 0 Å². The normalized spacial score (nSPS) is 9.79. The van der Waals surface area contributed by atoms with Gasteiger partial charge in [-0.3, -0.25) is 0 Å². The third-order valence-corrected chi connectivity index (χ3v) is 1.88. The molecule has 0 atom stereocenters. The van der Waals surface area contributed by atoms with Crippen LogP contribution < -0.4 is 10.5 Å². The lowest BCUT2D eigenvalue weighted by molar-refractivity contribution is 0.287. The van der Waals surface area contributed by atoms with E-state index in [1.807, 2.05) is 6.08 Å². The Morgan fingerprint density at radius 3 is 3.00 bits per heavy atom. The Labute approximate surface area is 91.3 Å². The molecule has 0 fully saturated rings. The summed E-state index contributed by atoms with van der Waals surface area (Å²) < 4.78 is 5.92. The molecule has 0 aliphatic carbocycles. The quantitative estimate of drug-likeness (QED) is 0.499.